The fraction of sp³-hybridized carbons (Fsp3) is 0.200. The lowest BCUT2D eigenvalue weighted by Gasteiger charge is -2.11. The van der Waals surface area contributed by atoms with Gasteiger partial charge in [-0.2, -0.15) is 0 Å². The minimum Gasteiger partial charge on any atom is -0.358 e. The van der Waals surface area contributed by atoms with Gasteiger partial charge in [0.1, 0.15) is 10.7 Å². The van der Waals surface area contributed by atoms with E-state index in [0.29, 0.717) is 5.82 Å². The smallest absolute Gasteiger partial charge is 0.358 e. The molecule has 0 spiro atoms. The summed E-state index contributed by atoms with van der Waals surface area (Å²) >= 11 is 0. The van der Waals surface area contributed by atoms with Crippen molar-refractivity contribution in [1.29, 1.82) is 0 Å². The van der Waals surface area contributed by atoms with E-state index in [9.17, 15) is 18.5 Å². The largest absolute Gasteiger partial charge is 0.363 e. The van der Waals surface area contributed by atoms with Crippen molar-refractivity contribution in [3.05, 3.63) is 46.7 Å². The minimum absolute atomic E-state index is 0.151. The summed E-state index contributed by atoms with van der Waals surface area (Å²) in [7, 11) is -3.82. The van der Waals surface area contributed by atoms with Crippen LogP contribution in [-0.4, -0.2) is 28.3 Å². The van der Waals surface area contributed by atoms with Gasteiger partial charge in [-0.15, -0.1) is 0 Å². The zero-order valence-corrected chi connectivity index (χ0v) is 11.2. The second kappa shape index (κ2) is 5.35. The van der Waals surface area contributed by atoms with Crippen LogP contribution in [0.2, 0.25) is 0 Å². The molecule has 2 heterocycles. The van der Waals surface area contributed by atoms with Gasteiger partial charge in [0.25, 0.3) is 0 Å². The summed E-state index contributed by atoms with van der Waals surface area (Å²) in [4.78, 5) is 19.8. The monoisotopic (exact) mass is 297 g/mol. The lowest BCUT2D eigenvalue weighted by Crippen LogP contribution is -2.27. The van der Waals surface area contributed by atoms with Crippen molar-refractivity contribution < 1.29 is 13.3 Å². The van der Waals surface area contributed by atoms with E-state index in [1.54, 1.807) is 13.1 Å². The maximum absolute atomic E-state index is 12.1. The molecule has 106 valence electrons. The number of nitrogens with zero attached hydrogens (tertiary/aromatic N) is 3. The number of nitrogens with one attached hydrogen (secondary N) is 2. The average molecular weight is 297 g/mol. The van der Waals surface area contributed by atoms with Gasteiger partial charge in [-0.3, -0.25) is 0 Å². The van der Waals surface area contributed by atoms with Crippen molar-refractivity contribution in [2.24, 2.45) is 0 Å². The van der Waals surface area contributed by atoms with Gasteiger partial charge in [-0.05, 0) is 22.9 Å². The Hall–Kier alpha value is -2.33. The van der Waals surface area contributed by atoms with Gasteiger partial charge in [-0.1, -0.05) is 0 Å². The molecule has 9 nitrogen and oxygen atoms in total. The first-order valence-electron chi connectivity index (χ1n) is 5.52. The van der Waals surface area contributed by atoms with Crippen LogP contribution in [-0.2, 0) is 10.0 Å². The fourth-order valence-electron chi connectivity index (χ4n) is 1.51. The molecule has 0 amide bonds. The van der Waals surface area contributed by atoms with Crippen molar-refractivity contribution >= 4 is 15.8 Å². The number of sulfonamides is 1. The van der Waals surface area contributed by atoms with Gasteiger partial charge in [0.15, 0.2) is 6.20 Å². The molecule has 2 rings (SSSR count). The van der Waals surface area contributed by atoms with Crippen LogP contribution in [0.5, 0.6) is 0 Å². The van der Waals surface area contributed by atoms with Crippen LogP contribution in [0.25, 0.3) is 0 Å². The first-order chi connectivity index (χ1) is 9.40. The van der Waals surface area contributed by atoms with Crippen LogP contribution in [0.4, 0.5) is 5.82 Å². The van der Waals surface area contributed by atoms with Crippen LogP contribution >= 0.6 is 0 Å². The number of aromatic amines is 1. The van der Waals surface area contributed by atoms with Crippen molar-refractivity contribution in [3.63, 3.8) is 0 Å². The van der Waals surface area contributed by atoms with E-state index >= 15 is 0 Å². The van der Waals surface area contributed by atoms with Gasteiger partial charge in [0.2, 0.25) is 10.0 Å². The van der Waals surface area contributed by atoms with Gasteiger partial charge < -0.3 is 15.1 Å². The molecule has 0 aliphatic carbocycles. The number of rotatable bonds is 5. The van der Waals surface area contributed by atoms with Crippen molar-refractivity contribution in [1.82, 2.24) is 19.7 Å². The van der Waals surface area contributed by atoms with Crippen LogP contribution in [0.15, 0.2) is 35.6 Å². The Morgan fingerprint density at radius 3 is 2.65 bits per heavy atom. The quantitative estimate of drug-likeness (QED) is 0.618. The van der Waals surface area contributed by atoms with E-state index < -0.39 is 26.8 Å². The molecule has 1 atom stereocenters. The van der Waals surface area contributed by atoms with Crippen LogP contribution in [0.3, 0.4) is 0 Å². The Balaban J connectivity index is 2.20. The van der Waals surface area contributed by atoms with E-state index in [0.717, 1.165) is 18.3 Å². The second-order valence-electron chi connectivity index (χ2n) is 3.93. The molecule has 2 aromatic rings. The number of hydrogen-bond acceptors (Lipinski definition) is 6. The van der Waals surface area contributed by atoms with Crippen molar-refractivity contribution in [2.45, 2.75) is 17.9 Å². The number of hydrogen-bond donors (Lipinski definition) is 2. The molecule has 0 bridgehead atoms. The zero-order valence-electron chi connectivity index (χ0n) is 10.3. The summed E-state index contributed by atoms with van der Waals surface area (Å²) < 4.78 is 26.5. The molecule has 0 saturated heterocycles. The first kappa shape index (κ1) is 14.1. The number of imidazole rings is 1. The van der Waals surface area contributed by atoms with Crippen LogP contribution < -0.4 is 4.72 Å². The first-order valence-corrected chi connectivity index (χ1v) is 7.00. The molecular formula is C10H11N5O4S. The third kappa shape index (κ3) is 2.97. The van der Waals surface area contributed by atoms with Crippen molar-refractivity contribution in [3.8, 4) is 0 Å². The summed E-state index contributed by atoms with van der Waals surface area (Å²) in [5.74, 6) is 0.0477. The van der Waals surface area contributed by atoms with Gasteiger partial charge in [0.05, 0.1) is 6.04 Å². The minimum atomic E-state index is -3.82. The molecule has 0 radical (unpaired) electrons. The Labute approximate surface area is 114 Å². The molecule has 0 saturated carbocycles. The number of pyridine rings is 1. The highest BCUT2D eigenvalue weighted by Crippen LogP contribution is 2.15. The van der Waals surface area contributed by atoms with Gasteiger partial charge in [-0.25, -0.2) is 18.1 Å². The third-order valence-electron chi connectivity index (χ3n) is 2.48. The summed E-state index contributed by atoms with van der Waals surface area (Å²) in [5, 5.41) is 10.5. The van der Waals surface area contributed by atoms with Gasteiger partial charge >= 0.3 is 5.82 Å². The van der Waals surface area contributed by atoms with Crippen molar-refractivity contribution in [2.75, 3.05) is 0 Å². The number of aromatic nitrogens is 3. The Morgan fingerprint density at radius 1 is 1.40 bits per heavy atom. The summed E-state index contributed by atoms with van der Waals surface area (Å²) in [6.45, 7) is 1.62. The fourth-order valence-corrected chi connectivity index (χ4v) is 2.66. The molecule has 2 aromatic heterocycles. The SMILES string of the molecule is CC(NS(=O)(=O)c1ccc([N+](=O)[O-])nc1)c1ncc[nH]1. The van der Waals surface area contributed by atoms with E-state index in [1.165, 1.54) is 6.20 Å². The summed E-state index contributed by atoms with van der Waals surface area (Å²) in [6.07, 6.45) is 4.02. The standard InChI is InChI=1S/C10H11N5O4S/c1-7(10-11-4-5-12-10)14-20(18,19)8-2-3-9(13-6-8)15(16)17/h2-7,14H,1H3,(H,11,12). The molecule has 0 fully saturated rings. The molecule has 10 heteroatoms. The predicted molar refractivity (Wildman–Crippen MR) is 68.2 cm³/mol. The lowest BCUT2D eigenvalue weighted by atomic mass is 10.3. The Bertz CT molecular complexity index is 696. The number of nitro groups is 1. The maximum Gasteiger partial charge on any atom is 0.363 e. The molecule has 1 unspecified atom stereocenters. The van der Waals surface area contributed by atoms with E-state index in [4.69, 9.17) is 0 Å². The zero-order chi connectivity index (χ0) is 14.8. The number of H-pyrrole nitrogens is 1. The molecule has 0 aromatic carbocycles. The van der Waals surface area contributed by atoms with Crippen LogP contribution in [0.1, 0.15) is 18.8 Å². The normalized spacial score (nSPS) is 13.1. The lowest BCUT2D eigenvalue weighted by molar-refractivity contribution is -0.389. The molecule has 0 aliphatic rings. The third-order valence-corrected chi connectivity index (χ3v) is 4.01. The highest BCUT2D eigenvalue weighted by atomic mass is 32.2. The van der Waals surface area contributed by atoms with E-state index in [1.807, 2.05) is 0 Å². The average Bonchev–Trinajstić information content (AvgIpc) is 2.92. The van der Waals surface area contributed by atoms with E-state index in [-0.39, 0.29) is 4.90 Å². The maximum atomic E-state index is 12.1. The van der Waals surface area contributed by atoms with Gasteiger partial charge in [0, 0.05) is 18.5 Å². The topological polar surface area (TPSA) is 131 Å². The summed E-state index contributed by atoms with van der Waals surface area (Å²) in [6, 6.07) is 1.60. The highest BCUT2D eigenvalue weighted by molar-refractivity contribution is 7.89. The molecule has 2 N–H and O–H groups in total. The highest BCUT2D eigenvalue weighted by Gasteiger charge is 2.22. The Kier molecular flexibility index (Phi) is 3.77. The Morgan fingerprint density at radius 2 is 2.15 bits per heavy atom. The molecule has 0 aliphatic heterocycles. The second-order valence-corrected chi connectivity index (χ2v) is 5.64. The predicted octanol–water partition coefficient (Wildman–Crippen LogP) is 0.752. The molecular weight excluding hydrogens is 286 g/mol. The van der Waals surface area contributed by atoms with Crippen LogP contribution in [0, 0.1) is 10.1 Å². The summed E-state index contributed by atoms with van der Waals surface area (Å²) in [5.41, 5.74) is 0. The van der Waals surface area contributed by atoms with E-state index in [2.05, 4.69) is 19.7 Å². The molecule has 20 heavy (non-hydrogen) atoms.